The molecule has 0 aromatic heterocycles. The average Bonchev–Trinajstić information content (AvgIpc) is 0.673. The molecule has 5 aliphatic carbocycles. The summed E-state index contributed by atoms with van der Waals surface area (Å²) < 4.78 is 72.7. The number of esters is 3. The van der Waals surface area contributed by atoms with Gasteiger partial charge in [0.25, 0.3) is 0 Å². The summed E-state index contributed by atoms with van der Waals surface area (Å²) in [5, 5.41) is 181. The number of allylic oxidation sites excluding steroid dienone is 2. The Labute approximate surface area is 555 Å². The van der Waals surface area contributed by atoms with Crippen LogP contribution < -0.4 is 0 Å². The van der Waals surface area contributed by atoms with Crippen molar-refractivity contribution in [3.05, 3.63) is 11.6 Å². The van der Waals surface area contributed by atoms with Gasteiger partial charge in [0.05, 0.1) is 75.2 Å². The minimum Gasteiger partial charge on any atom is -0.457 e. The molecule has 31 nitrogen and oxygen atoms in total. The molecule has 31 heteroatoms. The van der Waals surface area contributed by atoms with Crippen molar-refractivity contribution in [3.63, 3.8) is 0 Å². The molecule has 0 unspecified atom stereocenters. The molecule has 17 rings (SSSR count). The van der Waals surface area contributed by atoms with E-state index in [1.54, 1.807) is 6.92 Å². The van der Waals surface area contributed by atoms with Crippen LogP contribution >= 0.6 is 0 Å². The van der Waals surface area contributed by atoms with Crippen molar-refractivity contribution in [3.8, 4) is 0 Å². The van der Waals surface area contributed by atoms with Crippen molar-refractivity contribution in [2.45, 2.75) is 291 Å². The molecule has 35 atom stereocenters. The maximum Gasteiger partial charge on any atom is 0.315 e. The van der Waals surface area contributed by atoms with Gasteiger partial charge in [-0.3, -0.25) is 14.4 Å². The fourth-order valence-electron chi connectivity index (χ4n) is 19.1. The largest absolute Gasteiger partial charge is 0.457 e. The van der Waals surface area contributed by atoms with Crippen LogP contribution in [0.4, 0.5) is 0 Å². The highest BCUT2D eigenvalue weighted by atomic mass is 16.8. The first kappa shape index (κ1) is 74.3. The number of aliphatic hydroxyl groups is 16. The van der Waals surface area contributed by atoms with Gasteiger partial charge in [-0.05, 0) is 111 Å². The molecule has 8 saturated heterocycles. The van der Waals surface area contributed by atoms with Crippen LogP contribution in [0.3, 0.4) is 0 Å². The number of hydrogen-bond donors (Lipinski definition) is 16. The number of aliphatic hydroxyl groups excluding tert-OH is 15. The molecule has 12 bridgehead atoms. The molecule has 12 fully saturated rings. The SMILES string of the molecule is C[C@@H]1O[C@H]2O[C@H]3[C@@H](OC[C@H](O)[C@@H]3O)OC(=O)[C@]34CCC(C)(C)C[C@H]3C3=CC[C@@H]5[C@@]6(C)C[C@H](O)[C@H](O[C@@H]7O[C@H](CO)[C@@H](O)[C@H](O)[C@H]7O[C@@H]7O[C@H](CO)[C@H](OC(=O)C[C@](C)(O)CC(=O)O[C@@H]1[C@@H](O[C@@H]1O[C@H](CO)[C@@H](O)[C@H](O)[C@H]1O)[C@H]2O)[C@H](O)[C@H]7O)[C@@](C)(CO)[C@@H]6CC[C@@]5(C)[C@]3(C)CC4. The molecule has 12 heterocycles. The quantitative estimate of drug-likeness (QED) is 0.0522. The first-order valence-corrected chi connectivity index (χ1v) is 33.8. The Bertz CT molecular complexity index is 2810. The fourth-order valence-corrected chi connectivity index (χ4v) is 19.1. The third-order valence-electron chi connectivity index (χ3n) is 24.7. The van der Waals surface area contributed by atoms with E-state index in [1.165, 1.54) is 6.92 Å². The zero-order valence-corrected chi connectivity index (χ0v) is 55.4. The maximum absolute atomic E-state index is 15.7. The van der Waals surface area contributed by atoms with E-state index in [-0.39, 0.29) is 23.7 Å². The Kier molecular flexibility index (Phi) is 21.2. The standard InChI is InChI=1S/C65H102O31/c1-26-47-49(92-53-44(80)41(77)39(75)31(21-66)87-53)46(82)55(86-26)93-50-38(74)30(71)24-85-56(50)96-58(83)65-15-13-59(2,3)17-28(65)27-9-10-35-61(5)18-29(70)52(62(6,25-69)34(61)11-12-64(35,8)63(27,7)14-16-65)95-57-51(42(78)40(76)32(22-67)88-57)94-54-45(81)43(79)48(33(23-68)89-54)91-37(73)20-60(4,84)19-36(72)90-47/h9,26,28-35,38-57,66-71,74-82,84H,10-25H2,1-8H3/t26-,28-,29-,30-,31+,32+,33+,34+,35+,38-,39+,40+,41-,42-,43+,44+,45+,46+,47-,48-,49-,50+,51+,52-,53-,54-,55-,56-,57-,60+,61-,62-,63+,64+,65-/m0/s1. The summed E-state index contributed by atoms with van der Waals surface area (Å²) in [4.78, 5) is 43.5. The number of ether oxygens (including phenoxy) is 12. The van der Waals surface area contributed by atoms with Crippen molar-refractivity contribution in [1.29, 1.82) is 0 Å². The van der Waals surface area contributed by atoms with Crippen molar-refractivity contribution in [2.75, 3.05) is 33.0 Å². The van der Waals surface area contributed by atoms with Gasteiger partial charge in [0.15, 0.2) is 43.5 Å². The normalized spacial score (nSPS) is 54.2. The van der Waals surface area contributed by atoms with E-state index >= 15 is 4.79 Å². The maximum atomic E-state index is 15.7. The Morgan fingerprint density at radius 3 is 1.76 bits per heavy atom. The van der Waals surface area contributed by atoms with Gasteiger partial charge in [0.2, 0.25) is 6.29 Å². The molecule has 12 aliphatic heterocycles. The van der Waals surface area contributed by atoms with Crippen LogP contribution in [0.2, 0.25) is 0 Å². The van der Waals surface area contributed by atoms with Crippen LogP contribution in [0.1, 0.15) is 126 Å². The molecule has 1 spiro atoms. The van der Waals surface area contributed by atoms with Crippen molar-refractivity contribution in [2.24, 2.45) is 50.2 Å². The highest BCUT2D eigenvalue weighted by Crippen LogP contribution is 2.76. The summed E-state index contributed by atoms with van der Waals surface area (Å²) in [5.41, 5.74) is -5.84. The number of carbonyl (C=O) groups is 3. The highest BCUT2D eigenvalue weighted by Gasteiger charge is 2.72. The molecule has 4 saturated carbocycles. The summed E-state index contributed by atoms with van der Waals surface area (Å²) in [6.45, 7) is 11.2. The predicted molar refractivity (Wildman–Crippen MR) is 318 cm³/mol. The molecular weight excluding hydrogens is 1280 g/mol. The number of hydrogen-bond acceptors (Lipinski definition) is 31. The Hall–Kier alpha value is -2.85. The van der Waals surface area contributed by atoms with Gasteiger partial charge in [0.1, 0.15) is 91.6 Å². The molecular formula is C65H102O31. The summed E-state index contributed by atoms with van der Waals surface area (Å²) in [6, 6.07) is 0. The van der Waals surface area contributed by atoms with Gasteiger partial charge in [-0.15, -0.1) is 0 Å². The molecule has 0 aromatic carbocycles. The van der Waals surface area contributed by atoms with Crippen molar-refractivity contribution >= 4 is 17.9 Å². The third kappa shape index (κ3) is 12.7. The highest BCUT2D eigenvalue weighted by molar-refractivity contribution is 5.79. The second-order valence-electron chi connectivity index (χ2n) is 31.4. The van der Waals surface area contributed by atoms with Crippen LogP contribution in [0, 0.1) is 50.2 Å². The Balaban J connectivity index is 0.965. The topological polar surface area (TPSA) is 486 Å². The molecule has 0 radical (unpaired) electrons. The van der Waals surface area contributed by atoms with E-state index in [9.17, 15) is 91.3 Å². The van der Waals surface area contributed by atoms with Gasteiger partial charge in [-0.1, -0.05) is 53.2 Å². The third-order valence-corrected chi connectivity index (χ3v) is 24.7. The summed E-state index contributed by atoms with van der Waals surface area (Å²) in [6.07, 6.45) is -43.5. The first-order chi connectivity index (χ1) is 45.0. The first-order valence-electron chi connectivity index (χ1n) is 33.8. The Morgan fingerprint density at radius 1 is 0.531 bits per heavy atom. The summed E-state index contributed by atoms with van der Waals surface area (Å²) >= 11 is 0. The monoisotopic (exact) mass is 1380 g/mol. The van der Waals surface area contributed by atoms with Gasteiger partial charge in [-0.25, -0.2) is 0 Å². The van der Waals surface area contributed by atoms with Crippen LogP contribution in [-0.2, 0) is 71.2 Å². The van der Waals surface area contributed by atoms with Gasteiger partial charge >= 0.3 is 17.9 Å². The molecule has 96 heavy (non-hydrogen) atoms. The molecule has 0 aromatic rings. The van der Waals surface area contributed by atoms with Crippen LogP contribution in [0.25, 0.3) is 0 Å². The van der Waals surface area contributed by atoms with Crippen LogP contribution in [-0.4, -0.2) is 298 Å². The van der Waals surface area contributed by atoms with Gasteiger partial charge in [0, 0.05) is 5.41 Å². The van der Waals surface area contributed by atoms with Crippen molar-refractivity contribution < 1.29 is 153 Å². The lowest BCUT2D eigenvalue weighted by Gasteiger charge is -2.72. The second-order valence-corrected chi connectivity index (χ2v) is 31.4. The van der Waals surface area contributed by atoms with E-state index in [0.717, 1.165) is 12.5 Å². The van der Waals surface area contributed by atoms with E-state index < -0.39 is 262 Å². The Morgan fingerprint density at radius 2 is 1.11 bits per heavy atom. The predicted octanol–water partition coefficient (Wildman–Crippen LogP) is -3.95. The minimum atomic E-state index is -2.40. The smallest absolute Gasteiger partial charge is 0.315 e. The van der Waals surface area contributed by atoms with E-state index in [1.807, 2.05) is 0 Å². The van der Waals surface area contributed by atoms with Crippen molar-refractivity contribution in [1.82, 2.24) is 0 Å². The lowest BCUT2D eigenvalue weighted by Crippen LogP contribution is -2.70. The molecule has 548 valence electrons. The van der Waals surface area contributed by atoms with E-state index in [2.05, 4.69) is 40.7 Å². The fraction of sp³-hybridized carbons (Fsp3) is 0.923. The summed E-state index contributed by atoms with van der Waals surface area (Å²) in [5.74, 6) is -4.24. The average molecular weight is 1380 g/mol. The zero-order valence-electron chi connectivity index (χ0n) is 55.4. The van der Waals surface area contributed by atoms with Crippen LogP contribution in [0.5, 0.6) is 0 Å². The van der Waals surface area contributed by atoms with Gasteiger partial charge in [-0.2, -0.15) is 0 Å². The van der Waals surface area contributed by atoms with Gasteiger partial charge < -0.3 is 139 Å². The second kappa shape index (κ2) is 27.4. The lowest BCUT2D eigenvalue weighted by atomic mass is 9.33. The van der Waals surface area contributed by atoms with E-state index in [4.69, 9.17) is 56.8 Å². The lowest BCUT2D eigenvalue weighted by molar-refractivity contribution is -0.384. The summed E-state index contributed by atoms with van der Waals surface area (Å²) in [7, 11) is 0. The number of rotatable bonds is 6. The zero-order chi connectivity index (χ0) is 70.1. The molecule has 17 aliphatic rings. The molecule has 16 N–H and O–H groups in total. The minimum absolute atomic E-state index is 0.130. The number of carbonyl (C=O) groups excluding carboxylic acids is 3. The van der Waals surface area contributed by atoms with E-state index in [0.29, 0.717) is 51.4 Å². The van der Waals surface area contributed by atoms with Crippen LogP contribution in [0.15, 0.2) is 11.6 Å². The molecule has 0 amide bonds.